The Balaban J connectivity index is 2.49. The molecule has 86 valence electrons. The largest absolute Gasteiger partial charge is 0.390 e. The van der Waals surface area contributed by atoms with E-state index in [1.54, 1.807) is 18.5 Å². The molecule has 5 nitrogen and oxygen atoms in total. The van der Waals surface area contributed by atoms with Gasteiger partial charge >= 0.3 is 0 Å². The van der Waals surface area contributed by atoms with E-state index in [9.17, 15) is 5.11 Å². The number of nitrogens with zero attached hydrogens (tertiary/aromatic N) is 4. The van der Waals surface area contributed by atoms with Crippen molar-refractivity contribution in [2.24, 2.45) is 0 Å². The molecule has 0 unspecified atom stereocenters. The summed E-state index contributed by atoms with van der Waals surface area (Å²) >= 11 is 0. The zero-order chi connectivity index (χ0) is 11.5. The Morgan fingerprint density at radius 3 is 2.67 bits per heavy atom. The highest BCUT2D eigenvalue weighted by atomic mass is 16.3. The van der Waals surface area contributed by atoms with Crippen LogP contribution in [0, 0.1) is 0 Å². The first-order valence-corrected chi connectivity index (χ1v) is 5.13. The molecule has 1 aromatic rings. The van der Waals surface area contributed by atoms with Crippen molar-refractivity contribution in [3.63, 3.8) is 0 Å². The number of hydrogen-bond donors (Lipinski definition) is 1. The molecule has 0 aliphatic rings. The van der Waals surface area contributed by atoms with E-state index in [-0.39, 0.29) is 0 Å². The van der Waals surface area contributed by atoms with Gasteiger partial charge in [0.25, 0.3) is 0 Å². The van der Waals surface area contributed by atoms with Crippen molar-refractivity contribution in [1.82, 2.24) is 19.9 Å². The van der Waals surface area contributed by atoms with Crippen LogP contribution in [0.1, 0.15) is 19.5 Å². The molecule has 0 aliphatic heterocycles. The van der Waals surface area contributed by atoms with Gasteiger partial charge in [0, 0.05) is 19.2 Å². The molecular formula is C10H20N4O. The van der Waals surface area contributed by atoms with Gasteiger partial charge in [-0.15, -0.1) is 5.10 Å². The molecule has 1 rings (SSSR count). The zero-order valence-electron chi connectivity index (χ0n) is 9.93. The Morgan fingerprint density at radius 2 is 2.13 bits per heavy atom. The van der Waals surface area contributed by atoms with Crippen molar-refractivity contribution >= 4 is 0 Å². The topological polar surface area (TPSA) is 54.2 Å². The summed E-state index contributed by atoms with van der Waals surface area (Å²) in [5.74, 6) is 0. The minimum atomic E-state index is -0.720. The summed E-state index contributed by atoms with van der Waals surface area (Å²) in [4.78, 5) is 2.09. The lowest BCUT2D eigenvalue weighted by molar-refractivity contribution is 0.0799. The molecule has 0 saturated carbocycles. The maximum Gasteiger partial charge on any atom is 0.0855 e. The molecule has 0 spiro atoms. The van der Waals surface area contributed by atoms with E-state index in [1.165, 1.54) is 0 Å². The van der Waals surface area contributed by atoms with E-state index in [0.29, 0.717) is 6.42 Å². The number of aromatic nitrogens is 3. The molecule has 1 heterocycles. The Labute approximate surface area is 90.7 Å². The monoisotopic (exact) mass is 212 g/mol. The molecule has 1 N–H and O–H groups in total. The van der Waals surface area contributed by atoms with Crippen LogP contribution >= 0.6 is 0 Å². The van der Waals surface area contributed by atoms with Gasteiger partial charge in [0.05, 0.1) is 17.8 Å². The lowest BCUT2D eigenvalue weighted by atomic mass is 10.0. The quantitative estimate of drug-likeness (QED) is 0.755. The zero-order valence-corrected chi connectivity index (χ0v) is 9.93. The second kappa shape index (κ2) is 4.72. The van der Waals surface area contributed by atoms with Crippen molar-refractivity contribution in [3.05, 3.63) is 11.9 Å². The molecule has 0 aliphatic carbocycles. The third kappa shape index (κ3) is 4.90. The van der Waals surface area contributed by atoms with E-state index in [4.69, 9.17) is 0 Å². The molecule has 0 amide bonds. The second-order valence-electron chi connectivity index (χ2n) is 4.77. The number of likely N-dealkylation sites (N-methyl/N-ethyl adjacent to an activating group) is 1. The molecular weight excluding hydrogens is 192 g/mol. The summed E-state index contributed by atoms with van der Waals surface area (Å²) in [5, 5.41) is 17.6. The molecule has 5 heteroatoms. The second-order valence-corrected chi connectivity index (χ2v) is 4.77. The third-order valence-corrected chi connectivity index (χ3v) is 1.98. The van der Waals surface area contributed by atoms with Gasteiger partial charge in [-0.3, -0.25) is 4.68 Å². The SMILES string of the molecule is CN(C)CCn1cc(CC(C)(C)O)nn1. The predicted molar refractivity (Wildman–Crippen MR) is 58.6 cm³/mol. The summed E-state index contributed by atoms with van der Waals surface area (Å²) in [6.07, 6.45) is 2.43. The maximum atomic E-state index is 9.61. The van der Waals surface area contributed by atoms with Gasteiger partial charge in [0.1, 0.15) is 0 Å². The normalized spacial score (nSPS) is 12.4. The predicted octanol–water partition coefficient (Wildman–Crippen LogP) is 0.153. The van der Waals surface area contributed by atoms with E-state index >= 15 is 0 Å². The van der Waals surface area contributed by atoms with Crippen LogP contribution < -0.4 is 0 Å². The van der Waals surface area contributed by atoms with Crippen molar-refractivity contribution in [1.29, 1.82) is 0 Å². The molecule has 0 atom stereocenters. The highest BCUT2D eigenvalue weighted by molar-refractivity contribution is 4.97. The van der Waals surface area contributed by atoms with Crippen molar-refractivity contribution in [2.75, 3.05) is 20.6 Å². The van der Waals surface area contributed by atoms with Crippen LogP contribution in [0.4, 0.5) is 0 Å². The maximum absolute atomic E-state index is 9.61. The molecule has 15 heavy (non-hydrogen) atoms. The molecule has 0 bridgehead atoms. The van der Waals surface area contributed by atoms with Gasteiger partial charge in [-0.05, 0) is 27.9 Å². The van der Waals surface area contributed by atoms with Gasteiger partial charge in [0.2, 0.25) is 0 Å². The Bertz CT molecular complexity index is 301. The molecule has 0 aromatic carbocycles. The number of rotatable bonds is 5. The van der Waals surface area contributed by atoms with Crippen LogP contribution in [0.5, 0.6) is 0 Å². The van der Waals surface area contributed by atoms with E-state index in [0.717, 1.165) is 18.8 Å². The van der Waals surface area contributed by atoms with Gasteiger partial charge < -0.3 is 10.0 Å². The van der Waals surface area contributed by atoms with Gasteiger partial charge in [-0.1, -0.05) is 5.21 Å². The fourth-order valence-electron chi connectivity index (χ4n) is 1.27. The number of aliphatic hydroxyl groups is 1. The summed E-state index contributed by atoms with van der Waals surface area (Å²) < 4.78 is 1.81. The summed E-state index contributed by atoms with van der Waals surface area (Å²) in [7, 11) is 4.04. The van der Waals surface area contributed by atoms with Crippen LogP contribution in [0.25, 0.3) is 0 Å². The lowest BCUT2D eigenvalue weighted by Crippen LogP contribution is -2.22. The first-order chi connectivity index (χ1) is 6.87. The molecule has 1 aromatic heterocycles. The molecule has 0 fully saturated rings. The summed E-state index contributed by atoms with van der Waals surface area (Å²) in [6, 6.07) is 0. The van der Waals surface area contributed by atoms with E-state index in [2.05, 4.69) is 15.2 Å². The lowest BCUT2D eigenvalue weighted by Gasteiger charge is -2.14. The first-order valence-electron chi connectivity index (χ1n) is 5.13. The van der Waals surface area contributed by atoms with Gasteiger partial charge in [0.15, 0.2) is 0 Å². The average molecular weight is 212 g/mol. The van der Waals surface area contributed by atoms with Crippen LogP contribution in [-0.2, 0) is 13.0 Å². The van der Waals surface area contributed by atoms with Crippen LogP contribution in [0.3, 0.4) is 0 Å². The van der Waals surface area contributed by atoms with Crippen molar-refractivity contribution in [2.45, 2.75) is 32.4 Å². The molecule has 0 saturated heterocycles. The fourth-order valence-corrected chi connectivity index (χ4v) is 1.27. The van der Waals surface area contributed by atoms with Crippen molar-refractivity contribution in [3.8, 4) is 0 Å². The Kier molecular flexibility index (Phi) is 3.82. The third-order valence-electron chi connectivity index (χ3n) is 1.98. The Hall–Kier alpha value is -0.940. The average Bonchev–Trinajstić information content (AvgIpc) is 2.45. The highest BCUT2D eigenvalue weighted by Crippen LogP contribution is 2.08. The minimum absolute atomic E-state index is 0.537. The van der Waals surface area contributed by atoms with E-state index < -0.39 is 5.60 Å². The fraction of sp³-hybridized carbons (Fsp3) is 0.800. The molecule has 0 radical (unpaired) electrons. The summed E-state index contributed by atoms with van der Waals surface area (Å²) in [5.41, 5.74) is 0.115. The van der Waals surface area contributed by atoms with E-state index in [1.807, 2.05) is 20.3 Å². The van der Waals surface area contributed by atoms with Crippen LogP contribution in [-0.4, -0.2) is 51.2 Å². The van der Waals surface area contributed by atoms with Gasteiger partial charge in [-0.25, -0.2) is 0 Å². The highest BCUT2D eigenvalue weighted by Gasteiger charge is 2.15. The van der Waals surface area contributed by atoms with Crippen LogP contribution in [0.15, 0.2) is 6.20 Å². The minimum Gasteiger partial charge on any atom is -0.390 e. The standard InChI is InChI=1S/C10H20N4O/c1-10(2,15)7-9-8-14(12-11-9)6-5-13(3)4/h8,15H,5-7H2,1-4H3. The Morgan fingerprint density at radius 1 is 1.47 bits per heavy atom. The van der Waals surface area contributed by atoms with Crippen molar-refractivity contribution < 1.29 is 5.11 Å². The van der Waals surface area contributed by atoms with Gasteiger partial charge in [-0.2, -0.15) is 0 Å². The smallest absolute Gasteiger partial charge is 0.0855 e. The summed E-state index contributed by atoms with van der Waals surface area (Å²) in [6.45, 7) is 5.30. The number of hydrogen-bond acceptors (Lipinski definition) is 4. The first kappa shape index (κ1) is 12.1. The van der Waals surface area contributed by atoms with Crippen LogP contribution in [0.2, 0.25) is 0 Å².